The minimum Gasteiger partial charge on any atom is -0.351 e. The topological polar surface area (TPSA) is 78.4 Å². The monoisotopic (exact) mass is 473 g/mol. The lowest BCUT2D eigenvalue weighted by atomic mass is 10.2. The zero-order chi connectivity index (χ0) is 17.4. The van der Waals surface area contributed by atoms with Crippen LogP contribution in [0.25, 0.3) is 0 Å². The lowest BCUT2D eigenvalue weighted by Gasteiger charge is -2.11. The van der Waals surface area contributed by atoms with E-state index in [-0.39, 0.29) is 36.4 Å². The van der Waals surface area contributed by atoms with Gasteiger partial charge in [-0.1, -0.05) is 30.3 Å². The Hall–Kier alpha value is -1.68. The standard InChI is InChI=1S/C17H23N5OS.HI/c1-12-15(24-13(2)22-12)10-20-17(18-3)21-11-16(23)19-9-14-7-5-4-6-8-14;/h4-8H,9-11H2,1-3H3,(H,19,23)(H2,18,20,21);1H. The minimum atomic E-state index is -0.0772. The smallest absolute Gasteiger partial charge is 0.239 e. The van der Waals surface area contributed by atoms with E-state index in [9.17, 15) is 4.79 Å². The molecule has 1 aromatic heterocycles. The second-order valence-electron chi connectivity index (χ2n) is 5.28. The maximum atomic E-state index is 11.9. The van der Waals surface area contributed by atoms with Crippen LogP contribution in [-0.4, -0.2) is 30.4 Å². The first-order chi connectivity index (χ1) is 11.6. The third-order valence-corrected chi connectivity index (χ3v) is 4.46. The minimum absolute atomic E-state index is 0. The van der Waals surface area contributed by atoms with Crippen molar-refractivity contribution in [3.8, 4) is 0 Å². The average molecular weight is 473 g/mol. The molecular weight excluding hydrogens is 449 g/mol. The molecule has 0 aliphatic rings. The van der Waals surface area contributed by atoms with Gasteiger partial charge in [0, 0.05) is 18.5 Å². The summed E-state index contributed by atoms with van der Waals surface area (Å²) in [4.78, 5) is 21.6. The number of thiazole rings is 1. The summed E-state index contributed by atoms with van der Waals surface area (Å²) in [6.07, 6.45) is 0. The van der Waals surface area contributed by atoms with Gasteiger partial charge in [-0.15, -0.1) is 35.3 Å². The molecule has 2 rings (SSSR count). The van der Waals surface area contributed by atoms with Crippen LogP contribution in [0.4, 0.5) is 0 Å². The molecule has 3 N–H and O–H groups in total. The highest BCUT2D eigenvalue weighted by Crippen LogP contribution is 2.16. The first-order valence-corrected chi connectivity index (χ1v) is 8.58. The first-order valence-electron chi connectivity index (χ1n) is 7.76. The van der Waals surface area contributed by atoms with Crippen molar-refractivity contribution < 1.29 is 4.79 Å². The summed E-state index contributed by atoms with van der Waals surface area (Å²) in [5.74, 6) is 0.516. The molecule has 0 fully saturated rings. The van der Waals surface area contributed by atoms with Crippen LogP contribution in [0.5, 0.6) is 0 Å². The van der Waals surface area contributed by atoms with Crippen LogP contribution in [0.2, 0.25) is 0 Å². The fraction of sp³-hybridized carbons (Fsp3) is 0.353. The molecule has 0 bridgehead atoms. The molecular formula is C17H24IN5OS. The highest BCUT2D eigenvalue weighted by Gasteiger charge is 2.07. The highest BCUT2D eigenvalue weighted by molar-refractivity contribution is 14.0. The second kappa shape index (κ2) is 11.0. The van der Waals surface area contributed by atoms with E-state index in [2.05, 4.69) is 25.9 Å². The summed E-state index contributed by atoms with van der Waals surface area (Å²) < 4.78 is 0. The van der Waals surface area contributed by atoms with Crippen LogP contribution >= 0.6 is 35.3 Å². The second-order valence-corrected chi connectivity index (χ2v) is 6.57. The van der Waals surface area contributed by atoms with E-state index in [0.29, 0.717) is 19.0 Å². The van der Waals surface area contributed by atoms with Crippen molar-refractivity contribution in [1.29, 1.82) is 0 Å². The fourth-order valence-electron chi connectivity index (χ4n) is 2.15. The highest BCUT2D eigenvalue weighted by atomic mass is 127. The number of amides is 1. The number of guanidine groups is 1. The SMILES string of the molecule is CN=C(NCC(=O)NCc1ccccc1)NCc1sc(C)nc1C.I. The van der Waals surface area contributed by atoms with E-state index >= 15 is 0 Å². The Morgan fingerprint density at radius 1 is 1.12 bits per heavy atom. The Kier molecular flexibility index (Phi) is 9.43. The summed E-state index contributed by atoms with van der Waals surface area (Å²) in [5.41, 5.74) is 2.10. The van der Waals surface area contributed by atoms with Gasteiger partial charge in [-0.3, -0.25) is 9.79 Å². The van der Waals surface area contributed by atoms with Crippen molar-refractivity contribution in [2.45, 2.75) is 26.9 Å². The Bertz CT molecular complexity index is 702. The van der Waals surface area contributed by atoms with Gasteiger partial charge in [0.2, 0.25) is 5.91 Å². The van der Waals surface area contributed by atoms with Crippen molar-refractivity contribution in [2.75, 3.05) is 13.6 Å². The molecule has 0 unspecified atom stereocenters. The number of hydrogen-bond acceptors (Lipinski definition) is 4. The van der Waals surface area contributed by atoms with Crippen molar-refractivity contribution in [1.82, 2.24) is 20.9 Å². The van der Waals surface area contributed by atoms with Gasteiger partial charge in [0.1, 0.15) is 0 Å². The summed E-state index contributed by atoms with van der Waals surface area (Å²) >= 11 is 1.66. The van der Waals surface area contributed by atoms with Gasteiger partial charge < -0.3 is 16.0 Å². The molecule has 2 aromatic rings. The Labute approximate surface area is 169 Å². The molecule has 136 valence electrons. The van der Waals surface area contributed by atoms with Gasteiger partial charge in [0.15, 0.2) is 5.96 Å². The quantitative estimate of drug-likeness (QED) is 0.342. The summed E-state index contributed by atoms with van der Waals surface area (Å²) in [5, 5.41) is 10.1. The summed E-state index contributed by atoms with van der Waals surface area (Å²) in [6, 6.07) is 9.82. The van der Waals surface area contributed by atoms with Gasteiger partial charge in [-0.2, -0.15) is 0 Å². The lowest BCUT2D eigenvalue weighted by molar-refractivity contribution is -0.120. The number of nitrogens with one attached hydrogen (secondary N) is 3. The Balaban J connectivity index is 0.00000312. The van der Waals surface area contributed by atoms with Gasteiger partial charge >= 0.3 is 0 Å². The number of benzene rings is 1. The van der Waals surface area contributed by atoms with Crippen molar-refractivity contribution in [3.05, 3.63) is 51.5 Å². The van der Waals surface area contributed by atoms with Crippen LogP contribution in [0.1, 0.15) is 21.1 Å². The predicted molar refractivity (Wildman–Crippen MR) is 113 cm³/mol. The number of rotatable bonds is 6. The largest absolute Gasteiger partial charge is 0.351 e. The molecule has 0 atom stereocenters. The van der Waals surface area contributed by atoms with E-state index in [1.807, 2.05) is 44.2 Å². The number of carbonyl (C=O) groups excluding carboxylic acids is 1. The van der Waals surface area contributed by atoms with Gasteiger partial charge in [0.25, 0.3) is 0 Å². The molecule has 0 saturated heterocycles. The molecule has 1 amide bonds. The maximum absolute atomic E-state index is 11.9. The third kappa shape index (κ3) is 7.39. The zero-order valence-corrected chi connectivity index (χ0v) is 17.8. The molecule has 8 heteroatoms. The van der Waals surface area contributed by atoms with Crippen LogP contribution < -0.4 is 16.0 Å². The fourth-order valence-corrected chi connectivity index (χ4v) is 3.02. The molecule has 25 heavy (non-hydrogen) atoms. The van der Waals surface area contributed by atoms with E-state index in [4.69, 9.17) is 0 Å². The van der Waals surface area contributed by atoms with Crippen LogP contribution in [0.3, 0.4) is 0 Å². The molecule has 0 spiro atoms. The molecule has 0 aliphatic carbocycles. The van der Waals surface area contributed by atoms with E-state index in [1.165, 1.54) is 4.88 Å². The third-order valence-electron chi connectivity index (χ3n) is 3.39. The molecule has 0 radical (unpaired) electrons. The number of aromatic nitrogens is 1. The number of nitrogens with zero attached hydrogens (tertiary/aromatic N) is 2. The van der Waals surface area contributed by atoms with E-state index in [0.717, 1.165) is 16.3 Å². The molecule has 0 aliphatic heterocycles. The Morgan fingerprint density at radius 2 is 1.84 bits per heavy atom. The maximum Gasteiger partial charge on any atom is 0.239 e. The van der Waals surface area contributed by atoms with E-state index < -0.39 is 0 Å². The predicted octanol–water partition coefficient (Wildman–Crippen LogP) is 2.36. The number of aliphatic imine (C=N–C) groups is 1. The molecule has 1 heterocycles. The molecule has 6 nitrogen and oxygen atoms in total. The van der Waals surface area contributed by atoms with E-state index in [1.54, 1.807) is 18.4 Å². The number of hydrogen-bond donors (Lipinski definition) is 3. The van der Waals surface area contributed by atoms with Crippen molar-refractivity contribution in [3.63, 3.8) is 0 Å². The number of carbonyl (C=O) groups is 1. The van der Waals surface area contributed by atoms with Crippen LogP contribution in [0, 0.1) is 13.8 Å². The number of halogens is 1. The normalized spacial score (nSPS) is 10.8. The average Bonchev–Trinajstić information content (AvgIpc) is 2.91. The first kappa shape index (κ1) is 21.4. The van der Waals surface area contributed by atoms with Crippen LogP contribution in [-0.2, 0) is 17.9 Å². The number of aryl methyl sites for hydroxylation is 2. The summed E-state index contributed by atoms with van der Waals surface area (Å²) in [7, 11) is 1.68. The van der Waals surface area contributed by atoms with Crippen molar-refractivity contribution in [2.24, 2.45) is 4.99 Å². The van der Waals surface area contributed by atoms with Crippen molar-refractivity contribution >= 4 is 47.2 Å². The zero-order valence-electron chi connectivity index (χ0n) is 14.6. The van der Waals surface area contributed by atoms with Gasteiger partial charge in [-0.05, 0) is 19.4 Å². The van der Waals surface area contributed by atoms with Gasteiger partial charge in [0.05, 0.1) is 23.8 Å². The van der Waals surface area contributed by atoms with Gasteiger partial charge in [-0.25, -0.2) is 4.98 Å². The Morgan fingerprint density at radius 3 is 2.44 bits per heavy atom. The van der Waals surface area contributed by atoms with Crippen LogP contribution in [0.15, 0.2) is 35.3 Å². The molecule has 1 aromatic carbocycles. The lowest BCUT2D eigenvalue weighted by Crippen LogP contribution is -2.42. The summed E-state index contributed by atoms with van der Waals surface area (Å²) in [6.45, 7) is 5.32. The molecule has 0 saturated carbocycles.